The number of hydrogen-bond acceptors (Lipinski definition) is 2. The van der Waals surface area contributed by atoms with E-state index in [2.05, 4.69) is 43.1 Å². The Morgan fingerprint density at radius 3 is 2.88 bits per heavy atom. The molecular formula is C14H21NS. The molecule has 0 saturated carbocycles. The lowest BCUT2D eigenvalue weighted by Crippen LogP contribution is -2.25. The van der Waals surface area contributed by atoms with Crippen molar-refractivity contribution in [3.63, 3.8) is 0 Å². The van der Waals surface area contributed by atoms with E-state index in [-0.39, 0.29) is 0 Å². The van der Waals surface area contributed by atoms with E-state index < -0.39 is 0 Å². The molecule has 0 N–H and O–H groups in total. The third-order valence-electron chi connectivity index (χ3n) is 3.47. The molecule has 2 rings (SSSR count). The molecule has 1 aromatic rings. The van der Waals surface area contributed by atoms with E-state index in [1.807, 2.05) is 11.8 Å². The molecular weight excluding hydrogens is 214 g/mol. The van der Waals surface area contributed by atoms with Gasteiger partial charge < -0.3 is 4.90 Å². The number of likely N-dealkylation sites (tertiary alicyclic amines) is 1. The number of nitrogens with zero attached hydrogens (tertiary/aromatic N) is 1. The van der Waals surface area contributed by atoms with Crippen molar-refractivity contribution in [1.82, 2.24) is 4.90 Å². The normalized spacial score (nSPS) is 21.5. The van der Waals surface area contributed by atoms with Crippen LogP contribution in [0.3, 0.4) is 0 Å². The molecule has 1 saturated heterocycles. The highest BCUT2D eigenvalue weighted by atomic mass is 32.2. The second kappa shape index (κ2) is 5.74. The van der Waals surface area contributed by atoms with Crippen LogP contribution in [0.1, 0.15) is 24.8 Å². The number of benzene rings is 1. The Labute approximate surface area is 103 Å². The van der Waals surface area contributed by atoms with Crippen molar-refractivity contribution in [3.8, 4) is 0 Å². The lowest BCUT2D eigenvalue weighted by molar-refractivity contribution is 0.305. The summed E-state index contributed by atoms with van der Waals surface area (Å²) in [6, 6.07) is 9.51. The van der Waals surface area contributed by atoms with Crippen molar-refractivity contribution in [2.45, 2.75) is 37.1 Å². The van der Waals surface area contributed by atoms with Gasteiger partial charge in [-0.05, 0) is 57.2 Å². The third kappa shape index (κ3) is 3.02. The highest BCUT2D eigenvalue weighted by Gasteiger charge is 2.19. The first kappa shape index (κ1) is 12.0. The van der Waals surface area contributed by atoms with Gasteiger partial charge in [-0.1, -0.05) is 18.2 Å². The van der Waals surface area contributed by atoms with Gasteiger partial charge in [-0.25, -0.2) is 0 Å². The average Bonchev–Trinajstić information content (AvgIpc) is 2.67. The van der Waals surface area contributed by atoms with Gasteiger partial charge in [0, 0.05) is 10.9 Å². The molecule has 0 bridgehead atoms. The Bertz CT molecular complexity index is 337. The Morgan fingerprint density at radius 2 is 2.19 bits per heavy atom. The van der Waals surface area contributed by atoms with E-state index in [0.29, 0.717) is 0 Å². The zero-order valence-electron chi connectivity index (χ0n) is 10.3. The van der Waals surface area contributed by atoms with Crippen LogP contribution in [-0.4, -0.2) is 30.3 Å². The maximum absolute atomic E-state index is 2.51. The minimum atomic E-state index is 0.830. The molecule has 0 aromatic heterocycles. The molecule has 1 aliphatic rings. The first-order chi connectivity index (χ1) is 7.77. The lowest BCUT2D eigenvalue weighted by atomic mass is 10.2. The summed E-state index contributed by atoms with van der Waals surface area (Å²) in [6.07, 6.45) is 4.11. The van der Waals surface area contributed by atoms with E-state index >= 15 is 0 Å². The van der Waals surface area contributed by atoms with Crippen LogP contribution in [-0.2, 0) is 0 Å². The minimum absolute atomic E-state index is 0.830. The van der Waals surface area contributed by atoms with Gasteiger partial charge in [0.05, 0.1) is 0 Å². The molecule has 1 heterocycles. The number of aryl methyl sites for hydroxylation is 1. The molecule has 0 spiro atoms. The summed E-state index contributed by atoms with van der Waals surface area (Å²) < 4.78 is 0. The second-order valence-corrected chi connectivity index (χ2v) is 5.82. The molecule has 0 radical (unpaired) electrons. The fraction of sp³-hybridized carbons (Fsp3) is 0.571. The Balaban J connectivity index is 1.78. The largest absolute Gasteiger partial charge is 0.303 e. The summed E-state index contributed by atoms with van der Waals surface area (Å²) in [5.41, 5.74) is 1.41. The van der Waals surface area contributed by atoms with Crippen LogP contribution in [0.2, 0.25) is 0 Å². The number of rotatable bonds is 4. The molecule has 0 amide bonds. The summed E-state index contributed by atoms with van der Waals surface area (Å²) in [7, 11) is 2.26. The van der Waals surface area contributed by atoms with E-state index in [1.54, 1.807) is 0 Å². The minimum Gasteiger partial charge on any atom is -0.303 e. The molecule has 2 heteroatoms. The van der Waals surface area contributed by atoms with Gasteiger partial charge in [0.15, 0.2) is 0 Å². The van der Waals surface area contributed by atoms with Crippen molar-refractivity contribution < 1.29 is 0 Å². The monoisotopic (exact) mass is 235 g/mol. The van der Waals surface area contributed by atoms with Gasteiger partial charge in [-0.15, -0.1) is 11.8 Å². The van der Waals surface area contributed by atoms with E-state index in [9.17, 15) is 0 Å². The summed E-state index contributed by atoms with van der Waals surface area (Å²) in [5, 5.41) is 0. The van der Waals surface area contributed by atoms with Crippen LogP contribution in [0.4, 0.5) is 0 Å². The van der Waals surface area contributed by atoms with Crippen LogP contribution in [0.25, 0.3) is 0 Å². The van der Waals surface area contributed by atoms with Crippen LogP contribution in [0, 0.1) is 6.92 Å². The first-order valence-corrected chi connectivity index (χ1v) is 7.14. The van der Waals surface area contributed by atoms with Crippen LogP contribution < -0.4 is 0 Å². The van der Waals surface area contributed by atoms with Gasteiger partial charge in [-0.2, -0.15) is 0 Å². The molecule has 1 aliphatic heterocycles. The second-order valence-electron chi connectivity index (χ2n) is 4.68. The average molecular weight is 235 g/mol. The van der Waals surface area contributed by atoms with E-state index in [4.69, 9.17) is 0 Å². The molecule has 1 atom stereocenters. The maximum atomic E-state index is 2.51. The van der Waals surface area contributed by atoms with Gasteiger partial charge >= 0.3 is 0 Å². The van der Waals surface area contributed by atoms with Crippen molar-refractivity contribution >= 4 is 11.8 Å². The molecule has 1 aromatic carbocycles. The van der Waals surface area contributed by atoms with Crippen molar-refractivity contribution in [2.75, 3.05) is 19.3 Å². The Morgan fingerprint density at radius 1 is 1.38 bits per heavy atom. The van der Waals surface area contributed by atoms with Gasteiger partial charge in [0.2, 0.25) is 0 Å². The van der Waals surface area contributed by atoms with Gasteiger partial charge in [-0.3, -0.25) is 0 Å². The van der Waals surface area contributed by atoms with Gasteiger partial charge in [0.25, 0.3) is 0 Å². The molecule has 1 fully saturated rings. The third-order valence-corrected chi connectivity index (χ3v) is 4.68. The van der Waals surface area contributed by atoms with Crippen LogP contribution in [0.15, 0.2) is 29.2 Å². The summed E-state index contributed by atoms with van der Waals surface area (Å²) in [6.45, 7) is 3.49. The molecule has 88 valence electrons. The highest BCUT2D eigenvalue weighted by Crippen LogP contribution is 2.25. The number of thioether (sulfide) groups is 1. The predicted octanol–water partition coefficient (Wildman–Crippen LogP) is 3.57. The lowest BCUT2D eigenvalue weighted by Gasteiger charge is -2.18. The predicted molar refractivity (Wildman–Crippen MR) is 72.2 cm³/mol. The van der Waals surface area contributed by atoms with E-state index in [1.165, 1.54) is 42.0 Å². The van der Waals surface area contributed by atoms with Gasteiger partial charge in [0.1, 0.15) is 0 Å². The quantitative estimate of drug-likeness (QED) is 0.734. The molecule has 0 aliphatic carbocycles. The topological polar surface area (TPSA) is 3.24 Å². The van der Waals surface area contributed by atoms with Crippen molar-refractivity contribution in [3.05, 3.63) is 29.8 Å². The fourth-order valence-electron chi connectivity index (χ4n) is 2.37. The summed E-state index contributed by atoms with van der Waals surface area (Å²) >= 11 is 2.01. The summed E-state index contributed by atoms with van der Waals surface area (Å²) in [4.78, 5) is 3.96. The standard InChI is InChI=1S/C14H21NS/c1-12-6-3-4-8-14(12)16-11-9-13-7-5-10-15(13)2/h3-4,6,8,13H,5,7,9-11H2,1-2H3. The van der Waals surface area contributed by atoms with Crippen molar-refractivity contribution in [2.24, 2.45) is 0 Å². The Kier molecular flexibility index (Phi) is 4.30. The highest BCUT2D eigenvalue weighted by molar-refractivity contribution is 7.99. The molecule has 16 heavy (non-hydrogen) atoms. The van der Waals surface area contributed by atoms with Crippen LogP contribution in [0.5, 0.6) is 0 Å². The first-order valence-electron chi connectivity index (χ1n) is 6.16. The van der Waals surface area contributed by atoms with E-state index in [0.717, 1.165) is 6.04 Å². The Hall–Kier alpha value is -0.470. The zero-order chi connectivity index (χ0) is 11.4. The number of hydrogen-bond donors (Lipinski definition) is 0. The smallest absolute Gasteiger partial charge is 0.0101 e. The fourth-order valence-corrected chi connectivity index (χ4v) is 3.45. The molecule has 1 unspecified atom stereocenters. The SMILES string of the molecule is Cc1ccccc1SCCC1CCCN1C. The molecule has 1 nitrogen and oxygen atoms in total. The van der Waals surface area contributed by atoms with Crippen molar-refractivity contribution in [1.29, 1.82) is 0 Å². The summed E-state index contributed by atoms with van der Waals surface area (Å²) in [5.74, 6) is 1.25. The van der Waals surface area contributed by atoms with Crippen LogP contribution >= 0.6 is 11.8 Å². The zero-order valence-corrected chi connectivity index (χ0v) is 11.1. The maximum Gasteiger partial charge on any atom is 0.0101 e.